The monoisotopic (exact) mass is 300 g/mol. The number of allylic oxidation sites excluding steroid dienone is 1. The molecule has 0 unspecified atom stereocenters. The van der Waals surface area contributed by atoms with Crippen molar-refractivity contribution in [2.45, 2.75) is 52.4 Å². The fraction of sp³-hybridized carbons (Fsp3) is 0.789. The van der Waals surface area contributed by atoms with E-state index in [0.717, 1.165) is 17.8 Å². The molecule has 4 fully saturated rings. The standard InChI is InChI=1S/C19H28N2O/c1-13(11-20)12-21(3)18(22)4-14(2)19-8-15-5-16(9-19)7-17(6-15)10-19/h4,13,15-17H,5-10,12H2,1-3H3/b14-4+/t13-,15?,16?,17?,19?/m1/s1. The van der Waals surface area contributed by atoms with Gasteiger partial charge in [-0.3, -0.25) is 4.79 Å². The average Bonchev–Trinajstić information content (AvgIpc) is 2.45. The molecule has 0 aliphatic heterocycles. The van der Waals surface area contributed by atoms with Crippen LogP contribution < -0.4 is 0 Å². The maximum Gasteiger partial charge on any atom is 0.246 e. The number of carbonyl (C=O) groups is 1. The van der Waals surface area contributed by atoms with Crippen LogP contribution in [0.2, 0.25) is 0 Å². The SMILES string of the molecule is C/C(=C\C(=O)N(C)C[C@H](C)C#N)C12CC3CC(CC(C3)C1)C2. The summed E-state index contributed by atoms with van der Waals surface area (Å²) >= 11 is 0. The highest BCUT2D eigenvalue weighted by Gasteiger charge is 2.51. The van der Waals surface area contributed by atoms with Gasteiger partial charge in [0.25, 0.3) is 0 Å². The highest BCUT2D eigenvalue weighted by atomic mass is 16.2. The van der Waals surface area contributed by atoms with Crippen LogP contribution in [0, 0.1) is 40.4 Å². The largest absolute Gasteiger partial charge is 0.341 e. The van der Waals surface area contributed by atoms with Gasteiger partial charge in [0.05, 0.1) is 12.0 Å². The molecular formula is C19H28N2O. The van der Waals surface area contributed by atoms with Crippen molar-refractivity contribution in [2.24, 2.45) is 29.1 Å². The first-order chi connectivity index (χ1) is 10.4. The molecule has 120 valence electrons. The van der Waals surface area contributed by atoms with Crippen molar-refractivity contribution in [1.29, 1.82) is 5.26 Å². The molecule has 4 bridgehead atoms. The van der Waals surface area contributed by atoms with Crippen molar-refractivity contribution in [3.05, 3.63) is 11.6 Å². The summed E-state index contributed by atoms with van der Waals surface area (Å²) in [6, 6.07) is 2.20. The summed E-state index contributed by atoms with van der Waals surface area (Å²) in [6.45, 7) is 4.55. The molecule has 0 saturated heterocycles. The number of hydrogen-bond donors (Lipinski definition) is 0. The number of hydrogen-bond acceptors (Lipinski definition) is 2. The van der Waals surface area contributed by atoms with Crippen molar-refractivity contribution in [3.8, 4) is 6.07 Å². The van der Waals surface area contributed by atoms with Crippen LogP contribution in [0.15, 0.2) is 11.6 Å². The predicted octanol–water partition coefficient (Wildman–Crippen LogP) is 3.77. The van der Waals surface area contributed by atoms with E-state index in [0.29, 0.717) is 12.0 Å². The Labute approximate surface area is 134 Å². The van der Waals surface area contributed by atoms with Gasteiger partial charge < -0.3 is 4.90 Å². The van der Waals surface area contributed by atoms with E-state index in [9.17, 15) is 4.79 Å². The molecule has 4 aliphatic carbocycles. The third-order valence-electron chi connectivity index (χ3n) is 6.36. The van der Waals surface area contributed by atoms with Crippen molar-refractivity contribution in [2.75, 3.05) is 13.6 Å². The molecule has 4 aliphatic rings. The Morgan fingerprint density at radius 1 is 1.27 bits per heavy atom. The molecule has 4 rings (SSSR count). The number of nitriles is 1. The Balaban J connectivity index is 1.72. The Morgan fingerprint density at radius 2 is 1.77 bits per heavy atom. The first kappa shape index (κ1) is 15.6. The summed E-state index contributed by atoms with van der Waals surface area (Å²) in [5.74, 6) is 2.67. The lowest BCUT2D eigenvalue weighted by Gasteiger charge is -2.57. The Hall–Kier alpha value is -1.30. The number of amides is 1. The minimum absolute atomic E-state index is 0.0651. The van der Waals surface area contributed by atoms with E-state index in [-0.39, 0.29) is 11.8 Å². The van der Waals surface area contributed by atoms with Gasteiger partial charge in [-0.2, -0.15) is 5.26 Å². The van der Waals surface area contributed by atoms with Crippen LogP contribution in [0.4, 0.5) is 0 Å². The number of rotatable bonds is 4. The molecule has 3 nitrogen and oxygen atoms in total. The maximum absolute atomic E-state index is 12.4. The summed E-state index contributed by atoms with van der Waals surface area (Å²) in [7, 11) is 1.81. The van der Waals surface area contributed by atoms with Gasteiger partial charge in [-0.15, -0.1) is 0 Å². The second kappa shape index (κ2) is 5.72. The van der Waals surface area contributed by atoms with E-state index in [1.807, 2.05) is 13.0 Å². The van der Waals surface area contributed by atoms with Crippen LogP contribution in [-0.2, 0) is 4.79 Å². The Kier molecular flexibility index (Phi) is 4.05. The number of likely N-dealkylation sites (N-methyl/N-ethyl adjacent to an activating group) is 1. The second-order valence-electron chi connectivity index (χ2n) is 8.27. The minimum Gasteiger partial charge on any atom is -0.341 e. The first-order valence-corrected chi connectivity index (χ1v) is 8.75. The van der Waals surface area contributed by atoms with E-state index in [2.05, 4.69) is 13.0 Å². The molecule has 0 aromatic carbocycles. The fourth-order valence-electron chi connectivity index (χ4n) is 5.58. The van der Waals surface area contributed by atoms with Gasteiger partial charge in [0, 0.05) is 19.7 Å². The summed E-state index contributed by atoms with van der Waals surface area (Å²) in [5, 5.41) is 8.90. The summed E-state index contributed by atoms with van der Waals surface area (Å²) in [6.07, 6.45) is 10.1. The lowest BCUT2D eigenvalue weighted by Crippen LogP contribution is -2.46. The lowest BCUT2D eigenvalue weighted by molar-refractivity contribution is -0.125. The third kappa shape index (κ3) is 2.81. The van der Waals surface area contributed by atoms with Crippen LogP contribution in [0.1, 0.15) is 52.4 Å². The van der Waals surface area contributed by atoms with Crippen molar-refractivity contribution >= 4 is 5.91 Å². The highest BCUT2D eigenvalue weighted by Crippen LogP contribution is 2.62. The molecule has 0 aromatic heterocycles. The molecular weight excluding hydrogens is 272 g/mol. The first-order valence-electron chi connectivity index (χ1n) is 8.75. The normalized spacial score (nSPS) is 37.7. The van der Waals surface area contributed by atoms with E-state index in [1.54, 1.807) is 11.9 Å². The zero-order valence-corrected chi connectivity index (χ0v) is 14.1. The van der Waals surface area contributed by atoms with Crippen LogP contribution in [0.5, 0.6) is 0 Å². The molecule has 1 amide bonds. The van der Waals surface area contributed by atoms with Gasteiger partial charge in [-0.05, 0) is 75.5 Å². The van der Waals surface area contributed by atoms with E-state index in [4.69, 9.17) is 5.26 Å². The second-order valence-corrected chi connectivity index (χ2v) is 8.27. The molecule has 3 heteroatoms. The van der Waals surface area contributed by atoms with Gasteiger partial charge in [0.1, 0.15) is 0 Å². The molecule has 1 atom stereocenters. The highest BCUT2D eigenvalue weighted by molar-refractivity contribution is 5.88. The quantitative estimate of drug-likeness (QED) is 0.742. The minimum atomic E-state index is -0.109. The number of carbonyl (C=O) groups excluding carboxylic acids is 1. The van der Waals surface area contributed by atoms with Crippen LogP contribution in [0.3, 0.4) is 0 Å². The number of nitrogens with zero attached hydrogens (tertiary/aromatic N) is 2. The van der Waals surface area contributed by atoms with Crippen LogP contribution in [0.25, 0.3) is 0 Å². The molecule has 0 N–H and O–H groups in total. The van der Waals surface area contributed by atoms with E-state index in [1.165, 1.54) is 44.1 Å². The maximum atomic E-state index is 12.4. The lowest BCUT2D eigenvalue weighted by atomic mass is 9.48. The van der Waals surface area contributed by atoms with E-state index < -0.39 is 0 Å². The van der Waals surface area contributed by atoms with Crippen LogP contribution in [-0.4, -0.2) is 24.4 Å². The third-order valence-corrected chi connectivity index (χ3v) is 6.36. The molecule has 0 spiro atoms. The smallest absolute Gasteiger partial charge is 0.246 e. The summed E-state index contributed by atoms with van der Waals surface area (Å²) in [4.78, 5) is 14.1. The van der Waals surface area contributed by atoms with Gasteiger partial charge in [0.2, 0.25) is 5.91 Å². The van der Waals surface area contributed by atoms with Crippen molar-refractivity contribution < 1.29 is 4.79 Å². The molecule has 4 saturated carbocycles. The van der Waals surface area contributed by atoms with Gasteiger partial charge in [-0.25, -0.2) is 0 Å². The average molecular weight is 300 g/mol. The zero-order chi connectivity index (χ0) is 15.9. The molecule has 22 heavy (non-hydrogen) atoms. The van der Waals surface area contributed by atoms with Gasteiger partial charge >= 0.3 is 0 Å². The van der Waals surface area contributed by atoms with Crippen LogP contribution >= 0.6 is 0 Å². The molecule has 0 heterocycles. The Bertz CT molecular complexity index is 493. The van der Waals surface area contributed by atoms with E-state index >= 15 is 0 Å². The Morgan fingerprint density at radius 3 is 2.23 bits per heavy atom. The van der Waals surface area contributed by atoms with Gasteiger partial charge in [0.15, 0.2) is 0 Å². The summed E-state index contributed by atoms with van der Waals surface area (Å²) < 4.78 is 0. The molecule has 0 radical (unpaired) electrons. The zero-order valence-electron chi connectivity index (χ0n) is 14.1. The van der Waals surface area contributed by atoms with Crippen molar-refractivity contribution in [1.82, 2.24) is 4.90 Å². The van der Waals surface area contributed by atoms with Crippen molar-refractivity contribution in [3.63, 3.8) is 0 Å². The summed E-state index contributed by atoms with van der Waals surface area (Å²) in [5.41, 5.74) is 1.61. The van der Waals surface area contributed by atoms with Gasteiger partial charge in [-0.1, -0.05) is 5.57 Å². The fourth-order valence-corrected chi connectivity index (χ4v) is 5.58. The molecule has 0 aromatic rings. The predicted molar refractivity (Wildman–Crippen MR) is 86.8 cm³/mol. The topological polar surface area (TPSA) is 44.1 Å².